The number of hydrogen-bond acceptors (Lipinski definition) is 0. The first-order chi connectivity index (χ1) is 3.79. The average molecular weight is 164 g/mol. The summed E-state index contributed by atoms with van der Waals surface area (Å²) in [5.41, 5.74) is 0.589. The van der Waals surface area contributed by atoms with Gasteiger partial charge in [-0.15, -0.1) is 0 Å². The summed E-state index contributed by atoms with van der Waals surface area (Å²) >= 11 is 0. The second-order valence-electron chi connectivity index (χ2n) is 1.55. The average Bonchev–Trinajstić information content (AvgIpc) is 1.77. The summed E-state index contributed by atoms with van der Waals surface area (Å²) in [5, 5.41) is 0. The molecule has 0 aliphatic carbocycles. The van der Waals surface area contributed by atoms with Crippen LogP contribution in [0.5, 0.6) is 0 Å². The van der Waals surface area contributed by atoms with Crippen LogP contribution in [0.15, 0.2) is 24.3 Å². The van der Waals surface area contributed by atoms with Crippen molar-refractivity contribution in [3.8, 4) is 0 Å². The smallest absolute Gasteiger partial charge is 0.146 e. The second-order valence-corrected chi connectivity index (χ2v) is 1.55. The molecule has 4 radical (unpaired) electrons. The van der Waals surface area contributed by atoms with Crippen molar-refractivity contribution < 1.29 is 4.39 Å². The Hall–Kier alpha value is 0.280. The molecule has 48 valence electrons. The first kappa shape index (κ1) is 12.9. The van der Waals surface area contributed by atoms with E-state index in [0.717, 1.165) is 0 Å². The highest BCUT2D eigenvalue weighted by molar-refractivity contribution is 6.32. The van der Waals surface area contributed by atoms with Crippen molar-refractivity contribution in [1.82, 2.24) is 0 Å². The van der Waals surface area contributed by atoms with Crippen LogP contribution in [0.1, 0.15) is 0 Å². The Morgan fingerprint density at radius 2 is 1.40 bits per heavy atom. The van der Waals surface area contributed by atoms with Gasteiger partial charge in [-0.05, 0) is 12.1 Å². The highest BCUT2D eigenvalue weighted by Crippen LogP contribution is 1.89. The maximum absolute atomic E-state index is 12.0. The van der Waals surface area contributed by atoms with Gasteiger partial charge in [0.25, 0.3) is 0 Å². The molecule has 0 spiro atoms. The third kappa shape index (κ3) is 4.15. The topological polar surface area (TPSA) is 0 Å². The molecule has 0 atom stereocenters. The van der Waals surface area contributed by atoms with E-state index >= 15 is 0 Å². The molecular weight excluding hydrogens is 156 g/mol. The van der Waals surface area contributed by atoms with Gasteiger partial charge in [0.1, 0.15) is 48.4 Å². The minimum absolute atomic E-state index is 0. The Morgan fingerprint density at radius 3 is 1.70 bits per heavy atom. The molecule has 0 bridgehead atoms. The van der Waals surface area contributed by atoms with E-state index < -0.39 is 0 Å². The number of rotatable bonds is 0. The summed E-state index contributed by atoms with van der Waals surface area (Å²) in [6.07, 6.45) is 0. The molecule has 0 nitrogen and oxygen atoms in total. The summed E-state index contributed by atoms with van der Waals surface area (Å²) in [6, 6.07) is 5.70. The molecule has 0 saturated heterocycles. The van der Waals surface area contributed by atoms with Crippen LogP contribution in [0.25, 0.3) is 0 Å². The van der Waals surface area contributed by atoms with Crippen LogP contribution in [0, 0.1) is 5.82 Å². The fraction of sp³-hybridized carbons (Fsp3) is 0. The SMILES string of the molecule is [AlH2].[AlH2].[B]c1ccc(F)cc1. The zero-order valence-corrected chi connectivity index (χ0v) is 10.3. The lowest BCUT2D eigenvalue weighted by molar-refractivity contribution is 0.628. The molecule has 0 fully saturated rings. The van der Waals surface area contributed by atoms with Crippen molar-refractivity contribution in [2.75, 3.05) is 0 Å². The van der Waals surface area contributed by atoms with Gasteiger partial charge in [0.05, 0.1) is 0 Å². The van der Waals surface area contributed by atoms with Crippen LogP contribution in [0.3, 0.4) is 0 Å². The highest BCUT2D eigenvalue weighted by atomic mass is 27.0. The third-order valence-corrected chi connectivity index (χ3v) is 0.870. The monoisotopic (exact) mass is 164 g/mol. The molecule has 0 aliphatic heterocycles. The van der Waals surface area contributed by atoms with Gasteiger partial charge in [-0.25, -0.2) is 4.39 Å². The van der Waals surface area contributed by atoms with Gasteiger partial charge in [-0.1, -0.05) is 17.6 Å². The minimum Gasteiger partial charge on any atom is -0.207 e. The molecule has 1 rings (SSSR count). The molecule has 1 aromatic carbocycles. The van der Waals surface area contributed by atoms with E-state index in [1.807, 2.05) is 0 Å². The van der Waals surface area contributed by atoms with E-state index in [0.29, 0.717) is 5.46 Å². The van der Waals surface area contributed by atoms with E-state index in [-0.39, 0.29) is 40.5 Å². The molecular formula is C6H8Al2BF. The molecule has 0 unspecified atom stereocenters. The van der Waals surface area contributed by atoms with Crippen molar-refractivity contribution in [2.24, 2.45) is 0 Å². The lowest BCUT2D eigenvalue weighted by Crippen LogP contribution is -1.98. The maximum Gasteiger partial charge on any atom is 0.146 e. The Morgan fingerprint density at radius 1 is 1.00 bits per heavy atom. The quantitative estimate of drug-likeness (QED) is 0.422. The summed E-state index contributed by atoms with van der Waals surface area (Å²) in [7, 11) is 5.26. The molecule has 0 saturated carbocycles. The van der Waals surface area contributed by atoms with Crippen LogP contribution in [0.4, 0.5) is 4.39 Å². The van der Waals surface area contributed by atoms with Crippen molar-refractivity contribution >= 4 is 48.0 Å². The molecule has 0 aromatic heterocycles. The largest absolute Gasteiger partial charge is 0.207 e. The normalized spacial score (nSPS) is 7.30. The predicted molar refractivity (Wildman–Crippen MR) is 48.9 cm³/mol. The van der Waals surface area contributed by atoms with Crippen LogP contribution >= 0.6 is 0 Å². The standard InChI is InChI=1S/C6H4BF.2Al.4H/c7-5-1-3-6(8)4-2-5;;;;;;/h1-4H;;;;;;. The van der Waals surface area contributed by atoms with Crippen LogP contribution in [-0.4, -0.2) is 42.6 Å². The zero-order valence-electron chi connectivity index (χ0n) is 6.26. The van der Waals surface area contributed by atoms with Gasteiger partial charge in [0, 0.05) is 0 Å². The maximum atomic E-state index is 12.0. The van der Waals surface area contributed by atoms with Gasteiger partial charge in [0.2, 0.25) is 0 Å². The van der Waals surface area contributed by atoms with E-state index in [9.17, 15) is 4.39 Å². The van der Waals surface area contributed by atoms with Crippen molar-refractivity contribution in [2.45, 2.75) is 0 Å². The molecule has 0 N–H and O–H groups in total. The summed E-state index contributed by atoms with van der Waals surface area (Å²) < 4.78 is 12.0. The summed E-state index contributed by atoms with van der Waals surface area (Å²) in [6.45, 7) is 0. The highest BCUT2D eigenvalue weighted by Gasteiger charge is 1.83. The van der Waals surface area contributed by atoms with Gasteiger partial charge in [0.15, 0.2) is 0 Å². The molecule has 0 amide bonds. The minimum atomic E-state index is -0.251. The lowest BCUT2D eigenvalue weighted by atomic mass is 9.97. The van der Waals surface area contributed by atoms with Gasteiger partial charge >= 0.3 is 0 Å². The molecule has 0 heterocycles. The molecule has 0 aliphatic rings. The van der Waals surface area contributed by atoms with Crippen molar-refractivity contribution in [3.63, 3.8) is 0 Å². The van der Waals surface area contributed by atoms with Gasteiger partial charge in [-0.2, -0.15) is 0 Å². The second kappa shape index (κ2) is 6.02. The van der Waals surface area contributed by atoms with E-state index in [1.165, 1.54) is 24.3 Å². The van der Waals surface area contributed by atoms with Gasteiger partial charge in [-0.3, -0.25) is 0 Å². The first-order valence-corrected chi connectivity index (χ1v) is 2.30. The Balaban J connectivity index is 0. The fourth-order valence-corrected chi connectivity index (χ4v) is 0.463. The summed E-state index contributed by atoms with van der Waals surface area (Å²) in [4.78, 5) is 0. The van der Waals surface area contributed by atoms with Crippen molar-refractivity contribution in [3.05, 3.63) is 30.1 Å². The number of halogens is 1. The summed E-state index contributed by atoms with van der Waals surface area (Å²) in [5.74, 6) is -0.251. The van der Waals surface area contributed by atoms with E-state index in [1.54, 1.807) is 0 Å². The zero-order chi connectivity index (χ0) is 5.98. The van der Waals surface area contributed by atoms with E-state index in [2.05, 4.69) is 0 Å². The lowest BCUT2D eigenvalue weighted by Gasteiger charge is -1.87. The molecule has 10 heavy (non-hydrogen) atoms. The number of hydrogen-bond donors (Lipinski definition) is 0. The first-order valence-electron chi connectivity index (χ1n) is 2.30. The van der Waals surface area contributed by atoms with Crippen LogP contribution in [-0.2, 0) is 0 Å². The number of benzene rings is 1. The Bertz CT molecular complexity index is 155. The molecule has 4 heteroatoms. The fourth-order valence-electron chi connectivity index (χ4n) is 0.463. The Kier molecular flexibility index (Phi) is 7.77. The Labute approximate surface area is 82.5 Å². The van der Waals surface area contributed by atoms with Crippen LogP contribution < -0.4 is 5.46 Å². The van der Waals surface area contributed by atoms with Crippen LogP contribution in [0.2, 0.25) is 0 Å². The molecule has 1 aromatic rings. The van der Waals surface area contributed by atoms with E-state index in [4.69, 9.17) is 7.85 Å². The van der Waals surface area contributed by atoms with Gasteiger partial charge < -0.3 is 0 Å². The predicted octanol–water partition coefficient (Wildman–Crippen LogP) is -1.21. The van der Waals surface area contributed by atoms with Crippen molar-refractivity contribution in [1.29, 1.82) is 0 Å². The third-order valence-electron chi connectivity index (χ3n) is 0.870.